The van der Waals surface area contributed by atoms with Crippen LogP contribution in [-0.2, 0) is 0 Å². The Kier molecular flexibility index (Phi) is 6.86. The van der Waals surface area contributed by atoms with Crippen molar-refractivity contribution in [3.05, 3.63) is 151 Å². The molecule has 0 fully saturated rings. The summed E-state index contributed by atoms with van der Waals surface area (Å²) in [5.41, 5.74) is 7.47. The van der Waals surface area contributed by atoms with Gasteiger partial charge in [-0.25, -0.2) is 4.90 Å². The van der Waals surface area contributed by atoms with Crippen molar-refractivity contribution in [3.63, 3.8) is 0 Å². The number of nitrogens with zero attached hydrogens (tertiary/aromatic N) is 3. The molecule has 3 heterocycles. The first-order valence-electron chi connectivity index (χ1n) is 14.8. The van der Waals surface area contributed by atoms with E-state index in [9.17, 15) is 9.59 Å². The lowest BCUT2D eigenvalue weighted by Gasteiger charge is -2.21. The fourth-order valence-corrected chi connectivity index (χ4v) is 6.81. The maximum Gasteiger partial charge on any atom is 0.266 e. The van der Waals surface area contributed by atoms with Crippen molar-refractivity contribution >= 4 is 84.3 Å². The predicted molar refractivity (Wildman–Crippen MR) is 189 cm³/mol. The molecule has 7 heteroatoms. The van der Waals surface area contributed by atoms with E-state index in [1.54, 1.807) is 24.3 Å². The van der Waals surface area contributed by atoms with Crippen LogP contribution < -0.4 is 4.90 Å². The van der Waals surface area contributed by atoms with E-state index in [1.165, 1.54) is 4.90 Å². The van der Waals surface area contributed by atoms with Crippen LogP contribution in [0.4, 0.5) is 5.69 Å². The van der Waals surface area contributed by atoms with E-state index in [0.717, 1.165) is 55.0 Å². The molecule has 0 saturated heterocycles. The number of fused-ring (bicyclic) bond motifs is 7. The number of rotatable bonds is 3. The average molecular weight is 639 g/mol. The normalized spacial score (nSPS) is 12.7. The zero-order chi connectivity index (χ0) is 31.4. The van der Waals surface area contributed by atoms with Crippen molar-refractivity contribution in [3.8, 4) is 11.4 Å². The second-order valence-electron chi connectivity index (χ2n) is 11.0. The van der Waals surface area contributed by atoms with Crippen molar-refractivity contribution in [2.75, 3.05) is 10.2 Å². The number of hydrogen-bond acceptors (Lipinski definition) is 2. The second-order valence-corrected chi connectivity index (χ2v) is 11.8. The highest BCUT2D eigenvalue weighted by molar-refractivity contribution is 6.40. The average Bonchev–Trinajstić information content (AvgIpc) is 3.70. The van der Waals surface area contributed by atoms with Crippen LogP contribution in [-0.4, -0.2) is 26.3 Å². The molecule has 0 spiro atoms. The summed E-state index contributed by atoms with van der Waals surface area (Å²) in [5.74, 6) is -0.614. The third-order valence-corrected chi connectivity index (χ3v) is 8.65. The number of aromatic nitrogens is 2. The number of alkyl halides is 2. The molecule has 222 valence electrons. The van der Waals surface area contributed by atoms with Crippen LogP contribution >= 0.6 is 23.2 Å². The lowest BCUT2D eigenvalue weighted by Crippen LogP contribution is -2.29. The molecule has 1 aliphatic rings. The summed E-state index contributed by atoms with van der Waals surface area (Å²) >= 11 is 9.53. The van der Waals surface area contributed by atoms with Gasteiger partial charge in [-0.1, -0.05) is 84.9 Å². The molecule has 0 atom stereocenters. The molecule has 0 bridgehead atoms. The van der Waals surface area contributed by atoms with E-state index < -0.39 is 0 Å². The maximum absolute atomic E-state index is 13.6. The first-order chi connectivity index (χ1) is 22.6. The smallest absolute Gasteiger partial charge is 0.266 e. The summed E-state index contributed by atoms with van der Waals surface area (Å²) in [6.45, 7) is 0. The molecular formula is C39H25Cl2N3O2. The van der Waals surface area contributed by atoms with Gasteiger partial charge in [0.25, 0.3) is 11.8 Å². The van der Waals surface area contributed by atoms with Crippen molar-refractivity contribution in [1.82, 2.24) is 9.13 Å². The zero-order valence-corrected chi connectivity index (χ0v) is 25.9. The highest BCUT2D eigenvalue weighted by atomic mass is 35.5. The Morgan fingerprint density at radius 3 is 1.20 bits per heavy atom. The molecule has 46 heavy (non-hydrogen) atoms. The molecule has 8 aromatic rings. The molecule has 5 nitrogen and oxygen atoms in total. The first-order valence-corrected chi connectivity index (χ1v) is 15.9. The lowest BCUT2D eigenvalue weighted by atomic mass is 10.1. The minimum atomic E-state index is -0.307. The lowest BCUT2D eigenvalue weighted by molar-refractivity contribution is 0.0926. The Morgan fingerprint density at radius 2 is 0.783 bits per heavy atom. The predicted octanol–water partition coefficient (Wildman–Crippen LogP) is 10.1. The van der Waals surface area contributed by atoms with Gasteiger partial charge >= 0.3 is 0 Å². The largest absolute Gasteiger partial charge is 0.307 e. The Balaban J connectivity index is 0.00000100. The van der Waals surface area contributed by atoms with E-state index in [-0.39, 0.29) is 17.2 Å². The number of carbonyl (C=O) groups excluding carboxylic acids is 2. The Bertz CT molecular complexity index is 2350. The van der Waals surface area contributed by atoms with E-state index >= 15 is 0 Å². The molecule has 0 N–H and O–H groups in total. The zero-order valence-electron chi connectivity index (χ0n) is 24.4. The first kappa shape index (κ1) is 28.1. The van der Waals surface area contributed by atoms with Crippen LogP contribution in [0.15, 0.2) is 140 Å². The van der Waals surface area contributed by atoms with Crippen molar-refractivity contribution in [1.29, 1.82) is 0 Å². The quantitative estimate of drug-likeness (QED) is 0.143. The van der Waals surface area contributed by atoms with Crippen LogP contribution in [0.25, 0.3) is 55.0 Å². The van der Waals surface area contributed by atoms with Gasteiger partial charge in [0.1, 0.15) is 0 Å². The standard InChI is InChI=1S/C38H23N3O2.CH2Cl2/c42-37-29-15-1-2-16-30(29)38(43)39(37)24-21-22-35(40-31-17-7-3-11-25(31)26-12-4-8-18-32(26)40)36(23-24)41-33-19-9-5-13-27(33)28-14-6-10-20-34(28)41;2-1-3/h1-23H;1H2. The molecular weight excluding hydrogens is 613 g/mol. The number of para-hydroxylation sites is 4. The molecule has 2 amide bonds. The van der Waals surface area contributed by atoms with E-state index in [0.29, 0.717) is 16.8 Å². The highest BCUT2D eigenvalue weighted by Crippen LogP contribution is 2.40. The molecule has 0 radical (unpaired) electrons. The van der Waals surface area contributed by atoms with Gasteiger partial charge in [-0.05, 0) is 54.6 Å². The van der Waals surface area contributed by atoms with Crippen LogP contribution in [0, 0.1) is 0 Å². The number of amides is 2. The van der Waals surface area contributed by atoms with Crippen LogP contribution in [0.1, 0.15) is 20.7 Å². The van der Waals surface area contributed by atoms with Gasteiger partial charge in [0.05, 0.1) is 55.6 Å². The molecule has 0 saturated carbocycles. The summed E-state index contributed by atoms with van der Waals surface area (Å²) in [5, 5.41) is 4.79. The maximum atomic E-state index is 13.6. The minimum Gasteiger partial charge on any atom is -0.307 e. The molecule has 9 rings (SSSR count). The molecule has 0 unspecified atom stereocenters. The van der Waals surface area contributed by atoms with Crippen LogP contribution in [0.2, 0.25) is 0 Å². The van der Waals surface area contributed by atoms with Gasteiger partial charge in [0.15, 0.2) is 0 Å². The van der Waals surface area contributed by atoms with E-state index in [4.69, 9.17) is 23.2 Å². The summed E-state index contributed by atoms with van der Waals surface area (Å²) in [4.78, 5) is 28.5. The minimum absolute atomic E-state index is 0.194. The third kappa shape index (κ3) is 4.17. The molecule has 1 aliphatic heterocycles. The third-order valence-electron chi connectivity index (χ3n) is 8.65. The number of anilines is 1. The Morgan fingerprint density at radius 1 is 0.435 bits per heavy atom. The fraction of sp³-hybridized carbons (Fsp3) is 0.0256. The Hall–Kier alpha value is -5.36. The van der Waals surface area contributed by atoms with Gasteiger partial charge in [-0.3, -0.25) is 9.59 Å². The van der Waals surface area contributed by atoms with Crippen molar-refractivity contribution in [2.24, 2.45) is 0 Å². The van der Waals surface area contributed by atoms with Gasteiger partial charge in [-0.2, -0.15) is 0 Å². The summed E-state index contributed by atoms with van der Waals surface area (Å²) in [7, 11) is 0. The van der Waals surface area contributed by atoms with Crippen LogP contribution in [0.5, 0.6) is 0 Å². The molecule has 0 aliphatic carbocycles. The second kappa shape index (κ2) is 11.2. The number of halogens is 2. The van der Waals surface area contributed by atoms with Crippen molar-refractivity contribution in [2.45, 2.75) is 0 Å². The van der Waals surface area contributed by atoms with E-state index in [1.807, 2.05) is 30.3 Å². The monoisotopic (exact) mass is 637 g/mol. The van der Waals surface area contributed by atoms with Gasteiger partial charge in [0, 0.05) is 21.5 Å². The summed E-state index contributed by atoms with van der Waals surface area (Å²) < 4.78 is 4.54. The number of hydrogen-bond donors (Lipinski definition) is 0. The van der Waals surface area contributed by atoms with Gasteiger partial charge < -0.3 is 9.13 Å². The highest BCUT2D eigenvalue weighted by Gasteiger charge is 2.37. The topological polar surface area (TPSA) is 47.2 Å². The Labute approximate surface area is 274 Å². The number of imide groups is 1. The summed E-state index contributed by atoms with van der Waals surface area (Å²) in [6, 6.07) is 46.5. The molecule has 6 aromatic carbocycles. The van der Waals surface area contributed by atoms with Crippen molar-refractivity contribution < 1.29 is 9.59 Å². The fourth-order valence-electron chi connectivity index (χ4n) is 6.81. The molecule has 2 aromatic heterocycles. The van der Waals surface area contributed by atoms with Gasteiger partial charge in [-0.15, -0.1) is 23.2 Å². The SMILES string of the molecule is ClCCl.O=C1c2ccccc2C(=O)N1c1ccc(-n2c3ccccc3c3ccccc32)c(-n2c3ccccc3c3ccccc32)c1. The van der Waals surface area contributed by atoms with Gasteiger partial charge in [0.2, 0.25) is 0 Å². The van der Waals surface area contributed by atoms with Crippen LogP contribution in [0.3, 0.4) is 0 Å². The van der Waals surface area contributed by atoms with E-state index in [2.05, 4.69) is 94.1 Å². The summed E-state index contributed by atoms with van der Waals surface area (Å²) in [6.07, 6.45) is 0. The number of benzene rings is 6. The number of carbonyl (C=O) groups is 2.